The second-order valence-corrected chi connectivity index (χ2v) is 9.18. The van der Waals surface area contributed by atoms with Crippen LogP contribution in [0.5, 0.6) is 0 Å². The maximum atomic E-state index is 13.3. The largest absolute Gasteiger partial charge is 0.480 e. The molecule has 1 atom stereocenters. The van der Waals surface area contributed by atoms with Crippen LogP contribution in [0.15, 0.2) is 48.5 Å². The number of nitrogens with one attached hydrogen (secondary N) is 1. The Morgan fingerprint density at radius 2 is 1.57 bits per heavy atom. The highest BCUT2D eigenvalue weighted by Gasteiger charge is 2.40. The Bertz CT molecular complexity index is 1050. The first-order chi connectivity index (χ1) is 16.8. The van der Waals surface area contributed by atoms with E-state index in [1.165, 1.54) is 7.11 Å². The number of piperazine rings is 1. The molecule has 0 spiro atoms. The van der Waals surface area contributed by atoms with Crippen LogP contribution in [-0.4, -0.2) is 91.5 Å². The van der Waals surface area contributed by atoms with Crippen LogP contribution < -0.4 is 5.32 Å². The second kappa shape index (κ2) is 10.5. The molecule has 1 aliphatic heterocycles. The first kappa shape index (κ1) is 24.7. The van der Waals surface area contributed by atoms with Gasteiger partial charge < -0.3 is 24.8 Å². The van der Waals surface area contributed by atoms with Gasteiger partial charge in [-0.3, -0.25) is 14.5 Å². The molecule has 2 N–H and O–H groups in total. The molecule has 35 heavy (non-hydrogen) atoms. The van der Waals surface area contributed by atoms with Gasteiger partial charge in [-0.05, 0) is 29.2 Å². The summed E-state index contributed by atoms with van der Waals surface area (Å²) in [6, 6.07) is 16.2. The van der Waals surface area contributed by atoms with Crippen molar-refractivity contribution in [1.82, 2.24) is 15.1 Å². The summed E-state index contributed by atoms with van der Waals surface area (Å²) in [6.45, 7) is 3.32. The molecular formula is C26H31N3O6. The van der Waals surface area contributed by atoms with Crippen LogP contribution in [0.25, 0.3) is 11.1 Å². The maximum Gasteiger partial charge on any atom is 0.408 e. The van der Waals surface area contributed by atoms with E-state index in [1.54, 1.807) is 16.7 Å². The number of fused-ring (bicyclic) bond motifs is 3. The number of ether oxygens (including phenoxy) is 2. The van der Waals surface area contributed by atoms with E-state index in [2.05, 4.69) is 17.4 Å². The monoisotopic (exact) mass is 481 g/mol. The molecule has 2 aliphatic rings. The predicted octanol–water partition coefficient (Wildman–Crippen LogP) is 2.16. The smallest absolute Gasteiger partial charge is 0.408 e. The fourth-order valence-electron chi connectivity index (χ4n) is 4.95. The van der Waals surface area contributed by atoms with Crippen molar-refractivity contribution < 1.29 is 29.0 Å². The first-order valence-corrected chi connectivity index (χ1v) is 11.7. The minimum Gasteiger partial charge on any atom is -0.480 e. The SMILES string of the molecule is COCC(C)(NC(=O)OCC1c2ccccc2-c2ccccc21)C(=O)N1CCN(CC(=O)O)CC1. The molecule has 0 aromatic heterocycles. The molecule has 2 aromatic carbocycles. The van der Waals surface area contributed by atoms with Gasteiger partial charge in [0.15, 0.2) is 0 Å². The van der Waals surface area contributed by atoms with Crippen molar-refractivity contribution in [2.45, 2.75) is 18.4 Å². The van der Waals surface area contributed by atoms with Gasteiger partial charge in [-0.1, -0.05) is 48.5 Å². The minimum absolute atomic E-state index is 0.0225. The van der Waals surface area contributed by atoms with Crippen LogP contribution in [0.3, 0.4) is 0 Å². The Kier molecular flexibility index (Phi) is 7.37. The van der Waals surface area contributed by atoms with Gasteiger partial charge >= 0.3 is 12.1 Å². The molecule has 1 heterocycles. The van der Waals surface area contributed by atoms with E-state index in [9.17, 15) is 14.4 Å². The summed E-state index contributed by atoms with van der Waals surface area (Å²) in [5.74, 6) is -1.27. The van der Waals surface area contributed by atoms with E-state index in [0.29, 0.717) is 26.2 Å². The van der Waals surface area contributed by atoms with Gasteiger partial charge in [0.2, 0.25) is 0 Å². The van der Waals surface area contributed by atoms with Gasteiger partial charge in [0.25, 0.3) is 5.91 Å². The molecular weight excluding hydrogens is 450 g/mol. The van der Waals surface area contributed by atoms with E-state index in [0.717, 1.165) is 22.3 Å². The number of methoxy groups -OCH3 is 1. The lowest BCUT2D eigenvalue weighted by molar-refractivity contribution is -0.143. The van der Waals surface area contributed by atoms with Gasteiger partial charge in [0.1, 0.15) is 12.1 Å². The highest BCUT2D eigenvalue weighted by atomic mass is 16.5. The molecule has 0 radical (unpaired) electrons. The molecule has 1 saturated heterocycles. The van der Waals surface area contributed by atoms with Crippen LogP contribution in [0.2, 0.25) is 0 Å². The average molecular weight is 482 g/mol. The normalized spacial score (nSPS) is 17.3. The molecule has 1 fully saturated rings. The van der Waals surface area contributed by atoms with Crippen molar-refractivity contribution in [2.24, 2.45) is 0 Å². The molecule has 1 unspecified atom stereocenters. The number of hydrogen-bond acceptors (Lipinski definition) is 6. The number of amides is 2. The Balaban J connectivity index is 1.39. The van der Waals surface area contributed by atoms with Crippen LogP contribution in [0.4, 0.5) is 4.79 Å². The zero-order chi connectivity index (χ0) is 25.0. The van der Waals surface area contributed by atoms with Crippen molar-refractivity contribution in [3.8, 4) is 11.1 Å². The van der Waals surface area contributed by atoms with Crippen molar-refractivity contribution in [1.29, 1.82) is 0 Å². The summed E-state index contributed by atoms with van der Waals surface area (Å²) < 4.78 is 10.9. The van der Waals surface area contributed by atoms with E-state index in [4.69, 9.17) is 14.6 Å². The summed E-state index contributed by atoms with van der Waals surface area (Å²) >= 11 is 0. The maximum absolute atomic E-state index is 13.3. The van der Waals surface area contributed by atoms with E-state index in [-0.39, 0.29) is 31.6 Å². The predicted molar refractivity (Wildman–Crippen MR) is 129 cm³/mol. The number of benzene rings is 2. The number of aliphatic carboxylic acids is 1. The zero-order valence-electron chi connectivity index (χ0n) is 20.0. The number of carboxylic acid groups (broad SMARTS) is 1. The van der Waals surface area contributed by atoms with E-state index >= 15 is 0 Å². The molecule has 9 heteroatoms. The quantitative estimate of drug-likeness (QED) is 0.595. The second-order valence-electron chi connectivity index (χ2n) is 9.18. The summed E-state index contributed by atoms with van der Waals surface area (Å²) in [5.41, 5.74) is 3.18. The summed E-state index contributed by atoms with van der Waals surface area (Å²) in [5, 5.41) is 11.7. The Hall–Kier alpha value is -3.43. The van der Waals surface area contributed by atoms with Crippen LogP contribution >= 0.6 is 0 Å². The molecule has 4 rings (SSSR count). The third kappa shape index (κ3) is 5.31. The third-order valence-corrected chi connectivity index (χ3v) is 6.65. The Morgan fingerprint density at radius 3 is 2.11 bits per heavy atom. The van der Waals surface area contributed by atoms with Crippen LogP contribution in [0.1, 0.15) is 24.0 Å². The average Bonchev–Trinajstić information content (AvgIpc) is 3.16. The number of rotatable bonds is 8. The van der Waals surface area contributed by atoms with Crippen LogP contribution in [-0.2, 0) is 19.1 Å². The van der Waals surface area contributed by atoms with Crippen LogP contribution in [0, 0.1) is 0 Å². The van der Waals surface area contributed by atoms with Gasteiger partial charge in [0, 0.05) is 39.2 Å². The highest BCUT2D eigenvalue weighted by molar-refractivity contribution is 5.90. The van der Waals surface area contributed by atoms with Gasteiger partial charge in [-0.15, -0.1) is 0 Å². The molecule has 186 valence electrons. The lowest BCUT2D eigenvalue weighted by Gasteiger charge is -2.39. The number of carboxylic acids is 1. The lowest BCUT2D eigenvalue weighted by Crippen LogP contribution is -2.63. The topological polar surface area (TPSA) is 108 Å². The van der Waals surface area contributed by atoms with Gasteiger partial charge in [-0.2, -0.15) is 0 Å². The fraction of sp³-hybridized carbons (Fsp3) is 0.423. The fourth-order valence-corrected chi connectivity index (χ4v) is 4.95. The Morgan fingerprint density at radius 1 is 1.00 bits per heavy atom. The molecule has 0 saturated carbocycles. The third-order valence-electron chi connectivity index (χ3n) is 6.65. The number of alkyl carbamates (subject to hydrolysis) is 1. The van der Waals surface area contributed by atoms with Crippen molar-refractivity contribution >= 4 is 18.0 Å². The minimum atomic E-state index is -1.31. The molecule has 0 bridgehead atoms. The standard InChI is InChI=1S/C26H31N3O6/c1-26(17-34-2,24(32)29-13-11-28(12-14-29)15-23(30)31)27-25(33)35-16-22-20-9-5-3-7-18(20)19-8-4-6-10-21(19)22/h3-10,22H,11-17H2,1-2H3,(H,27,33)(H,30,31). The summed E-state index contributed by atoms with van der Waals surface area (Å²) in [4.78, 5) is 40.5. The van der Waals surface area contributed by atoms with Crippen molar-refractivity contribution in [2.75, 3.05) is 53.0 Å². The zero-order valence-corrected chi connectivity index (χ0v) is 20.0. The van der Waals surface area contributed by atoms with Crippen molar-refractivity contribution in [3.63, 3.8) is 0 Å². The number of carbonyl (C=O) groups is 3. The van der Waals surface area contributed by atoms with E-state index in [1.807, 2.05) is 36.4 Å². The molecule has 1 aliphatic carbocycles. The highest BCUT2D eigenvalue weighted by Crippen LogP contribution is 2.44. The molecule has 9 nitrogen and oxygen atoms in total. The first-order valence-electron chi connectivity index (χ1n) is 11.7. The number of carbonyl (C=O) groups excluding carboxylic acids is 2. The molecule has 2 aromatic rings. The van der Waals surface area contributed by atoms with E-state index < -0.39 is 17.6 Å². The lowest BCUT2D eigenvalue weighted by atomic mass is 9.98. The number of hydrogen-bond donors (Lipinski definition) is 2. The van der Waals surface area contributed by atoms with Gasteiger partial charge in [0.05, 0.1) is 13.2 Å². The van der Waals surface area contributed by atoms with Crippen molar-refractivity contribution in [3.05, 3.63) is 59.7 Å². The number of nitrogens with zero attached hydrogens (tertiary/aromatic N) is 2. The molecule has 2 amide bonds. The Labute approximate surface area is 204 Å². The van der Waals surface area contributed by atoms with Gasteiger partial charge in [-0.25, -0.2) is 4.79 Å². The summed E-state index contributed by atoms with van der Waals surface area (Å²) in [7, 11) is 1.47. The summed E-state index contributed by atoms with van der Waals surface area (Å²) in [6.07, 6.45) is -0.690.